The molecule has 0 saturated carbocycles. The van der Waals surface area contributed by atoms with Crippen LogP contribution in [0.15, 0.2) is 18.2 Å². The van der Waals surface area contributed by atoms with Gasteiger partial charge in [0.1, 0.15) is 19.0 Å². The summed E-state index contributed by atoms with van der Waals surface area (Å²) in [6.07, 6.45) is 2.99. The summed E-state index contributed by atoms with van der Waals surface area (Å²) in [5, 5.41) is 0. The molecule has 1 aromatic rings. The molecule has 148 valence electrons. The third kappa shape index (κ3) is 3.98. The minimum Gasteiger partial charge on any atom is -0.496 e. The molecule has 0 N–H and O–H groups in total. The van der Waals surface area contributed by atoms with Crippen molar-refractivity contribution in [2.75, 3.05) is 46.5 Å². The summed E-state index contributed by atoms with van der Waals surface area (Å²) in [6.45, 7) is 3.79. The Morgan fingerprint density at radius 2 is 1.85 bits per heavy atom. The maximum absolute atomic E-state index is 11.7. The zero-order valence-corrected chi connectivity index (χ0v) is 16.5. The number of amides is 2. The zero-order chi connectivity index (χ0) is 18.1. The van der Waals surface area contributed by atoms with Crippen LogP contribution < -0.4 is 4.74 Å². The van der Waals surface area contributed by atoms with Crippen molar-refractivity contribution in [3.05, 3.63) is 29.3 Å². The molecule has 27 heavy (non-hydrogen) atoms. The van der Waals surface area contributed by atoms with Crippen LogP contribution in [0.5, 0.6) is 5.75 Å². The number of halogens is 1. The first-order valence-corrected chi connectivity index (χ1v) is 9.46. The van der Waals surface area contributed by atoms with Crippen LogP contribution in [0.25, 0.3) is 0 Å². The maximum Gasteiger partial charge on any atom is 0.255 e. The number of fused-ring (bicyclic) bond motifs is 3. The van der Waals surface area contributed by atoms with Gasteiger partial charge in [0.2, 0.25) is 0 Å². The number of likely N-dealkylation sites (tertiary alicyclic amines) is 1. The van der Waals surface area contributed by atoms with E-state index in [2.05, 4.69) is 23.1 Å². The van der Waals surface area contributed by atoms with Crippen molar-refractivity contribution < 1.29 is 19.1 Å². The van der Waals surface area contributed by atoms with Crippen molar-refractivity contribution in [2.24, 2.45) is 5.92 Å². The molecule has 2 unspecified atom stereocenters. The van der Waals surface area contributed by atoms with Crippen LogP contribution in [-0.4, -0.2) is 68.1 Å². The predicted octanol–water partition coefficient (Wildman–Crippen LogP) is 1.85. The van der Waals surface area contributed by atoms with E-state index >= 15 is 0 Å². The minimum atomic E-state index is -0.208. The van der Waals surface area contributed by atoms with E-state index in [0.29, 0.717) is 18.4 Å². The van der Waals surface area contributed by atoms with E-state index in [0.717, 1.165) is 44.6 Å². The lowest BCUT2D eigenvalue weighted by molar-refractivity contribution is -0.158. The maximum atomic E-state index is 11.7. The first kappa shape index (κ1) is 20.1. The van der Waals surface area contributed by atoms with Gasteiger partial charge in [-0.05, 0) is 43.4 Å². The molecular weight excluding hydrogens is 368 g/mol. The molecule has 0 radical (unpaired) electrons. The first-order valence-electron chi connectivity index (χ1n) is 9.46. The Morgan fingerprint density at radius 1 is 1.11 bits per heavy atom. The van der Waals surface area contributed by atoms with Gasteiger partial charge in [0.15, 0.2) is 0 Å². The normalized spacial score (nSPS) is 24.6. The third-order valence-electron chi connectivity index (χ3n) is 5.91. The van der Waals surface area contributed by atoms with Crippen molar-refractivity contribution >= 4 is 24.2 Å². The molecule has 2 fully saturated rings. The predicted molar refractivity (Wildman–Crippen MR) is 103 cm³/mol. The van der Waals surface area contributed by atoms with E-state index in [-0.39, 0.29) is 37.4 Å². The van der Waals surface area contributed by atoms with E-state index in [1.54, 1.807) is 7.11 Å². The first-order chi connectivity index (χ1) is 12.7. The number of methoxy groups -OCH3 is 1. The molecule has 0 spiro atoms. The van der Waals surface area contributed by atoms with Crippen LogP contribution in [-0.2, 0) is 20.7 Å². The number of carbonyl (C=O) groups excluding carboxylic acids is 2. The van der Waals surface area contributed by atoms with Gasteiger partial charge in [0.05, 0.1) is 7.11 Å². The van der Waals surface area contributed by atoms with Crippen molar-refractivity contribution in [2.45, 2.75) is 25.2 Å². The topological polar surface area (TPSA) is 59.1 Å². The van der Waals surface area contributed by atoms with Gasteiger partial charge in [0, 0.05) is 31.1 Å². The Morgan fingerprint density at radius 3 is 2.59 bits per heavy atom. The summed E-state index contributed by atoms with van der Waals surface area (Å²) in [7, 11) is 1.75. The number of nitrogens with zero attached hydrogens (tertiary/aromatic N) is 2. The van der Waals surface area contributed by atoms with Crippen LogP contribution in [0.2, 0.25) is 0 Å². The largest absolute Gasteiger partial charge is 0.496 e. The number of benzene rings is 1. The van der Waals surface area contributed by atoms with Crippen molar-refractivity contribution in [3.8, 4) is 5.75 Å². The molecule has 1 aromatic carbocycles. The number of rotatable bonds is 6. The van der Waals surface area contributed by atoms with Gasteiger partial charge < -0.3 is 14.4 Å². The third-order valence-corrected chi connectivity index (χ3v) is 5.91. The van der Waals surface area contributed by atoms with E-state index < -0.39 is 0 Å². The number of unbranched alkanes of at least 4 members (excludes halogenated alkanes) is 1. The SMILES string of the molecule is COc1cccc2c1C1CN(CCCCN3C(=O)COCC3=O)CC1C2.Cl. The number of carbonyl (C=O) groups is 2. The zero-order valence-electron chi connectivity index (χ0n) is 15.7. The molecule has 2 amide bonds. The molecule has 2 aliphatic heterocycles. The van der Waals surface area contributed by atoms with E-state index in [9.17, 15) is 9.59 Å². The lowest BCUT2D eigenvalue weighted by Gasteiger charge is -2.25. The van der Waals surface area contributed by atoms with E-state index in [1.165, 1.54) is 16.0 Å². The fourth-order valence-electron chi connectivity index (χ4n) is 4.70. The van der Waals surface area contributed by atoms with Crippen LogP contribution in [0.4, 0.5) is 0 Å². The Balaban J connectivity index is 0.00000210. The second kappa shape index (κ2) is 8.59. The highest BCUT2D eigenvalue weighted by atomic mass is 35.5. The number of morpholine rings is 1. The van der Waals surface area contributed by atoms with Gasteiger partial charge in [-0.2, -0.15) is 0 Å². The van der Waals surface area contributed by atoms with Gasteiger partial charge in [-0.3, -0.25) is 14.5 Å². The molecule has 2 heterocycles. The molecule has 1 aliphatic carbocycles. The summed E-state index contributed by atoms with van der Waals surface area (Å²) in [5.74, 6) is 1.87. The molecule has 6 nitrogen and oxygen atoms in total. The summed E-state index contributed by atoms with van der Waals surface area (Å²) in [5.41, 5.74) is 2.86. The number of imide groups is 1. The highest BCUT2D eigenvalue weighted by Gasteiger charge is 2.41. The molecule has 4 rings (SSSR count). The Labute approximate surface area is 166 Å². The number of hydrogen-bond donors (Lipinski definition) is 0. The van der Waals surface area contributed by atoms with Crippen molar-refractivity contribution in [1.82, 2.24) is 9.80 Å². The van der Waals surface area contributed by atoms with E-state index in [4.69, 9.17) is 9.47 Å². The monoisotopic (exact) mass is 394 g/mol. The van der Waals surface area contributed by atoms with Crippen molar-refractivity contribution in [1.29, 1.82) is 0 Å². The lowest BCUT2D eigenvalue weighted by Crippen LogP contribution is -2.46. The highest BCUT2D eigenvalue weighted by Crippen LogP contribution is 2.46. The van der Waals surface area contributed by atoms with Crippen LogP contribution in [0, 0.1) is 5.92 Å². The quantitative estimate of drug-likeness (QED) is 0.544. The Bertz CT molecular complexity index is 695. The summed E-state index contributed by atoms with van der Waals surface area (Å²) < 4.78 is 10.5. The van der Waals surface area contributed by atoms with E-state index in [1.807, 2.05) is 0 Å². The molecular formula is C20H27ClN2O4. The molecule has 2 saturated heterocycles. The smallest absolute Gasteiger partial charge is 0.255 e. The fraction of sp³-hybridized carbons (Fsp3) is 0.600. The summed E-state index contributed by atoms with van der Waals surface area (Å²) in [4.78, 5) is 27.3. The molecule has 7 heteroatoms. The molecule has 2 atom stereocenters. The highest BCUT2D eigenvalue weighted by molar-refractivity contribution is 5.98. The average molecular weight is 395 g/mol. The second-order valence-corrected chi connectivity index (χ2v) is 7.50. The Kier molecular flexibility index (Phi) is 6.40. The number of ether oxygens (including phenoxy) is 2. The van der Waals surface area contributed by atoms with Gasteiger partial charge in [-0.25, -0.2) is 0 Å². The van der Waals surface area contributed by atoms with Crippen molar-refractivity contribution in [3.63, 3.8) is 0 Å². The molecule has 0 bridgehead atoms. The standard InChI is InChI=1S/C20H26N2O4.ClH/c1-25-17-6-4-5-14-9-15-10-21(11-16(15)20(14)17)7-2-3-8-22-18(23)12-26-13-19(22)24;/h4-6,15-16H,2-3,7-13H2,1H3;1H. The minimum absolute atomic E-state index is 0. The number of hydrogen-bond acceptors (Lipinski definition) is 5. The van der Waals surface area contributed by atoms with Gasteiger partial charge in [-0.1, -0.05) is 12.1 Å². The average Bonchev–Trinajstić information content (AvgIpc) is 3.17. The molecule has 0 aromatic heterocycles. The van der Waals surface area contributed by atoms with Gasteiger partial charge >= 0.3 is 0 Å². The van der Waals surface area contributed by atoms with Crippen LogP contribution in [0.3, 0.4) is 0 Å². The van der Waals surface area contributed by atoms with Gasteiger partial charge in [-0.15, -0.1) is 12.4 Å². The fourth-order valence-corrected chi connectivity index (χ4v) is 4.70. The molecule has 3 aliphatic rings. The van der Waals surface area contributed by atoms with Gasteiger partial charge in [0.25, 0.3) is 11.8 Å². The van der Waals surface area contributed by atoms with Crippen LogP contribution in [0.1, 0.15) is 29.9 Å². The second-order valence-electron chi connectivity index (χ2n) is 7.50. The lowest BCUT2D eigenvalue weighted by atomic mass is 9.96. The summed E-state index contributed by atoms with van der Waals surface area (Å²) in [6, 6.07) is 6.39. The Hall–Kier alpha value is -1.63. The van der Waals surface area contributed by atoms with Crippen LogP contribution >= 0.6 is 12.4 Å². The summed E-state index contributed by atoms with van der Waals surface area (Å²) >= 11 is 0.